The van der Waals surface area contributed by atoms with Crippen LogP contribution in [0.2, 0.25) is 5.02 Å². The van der Waals surface area contributed by atoms with Gasteiger partial charge in [0.05, 0.1) is 17.7 Å². The number of carbonyl (C=O) groups excluding carboxylic acids is 3. The summed E-state index contributed by atoms with van der Waals surface area (Å²) in [5.41, 5.74) is 0.719. The van der Waals surface area contributed by atoms with Crippen molar-refractivity contribution in [3.8, 4) is 5.75 Å². The quantitative estimate of drug-likeness (QED) is 0.513. The van der Waals surface area contributed by atoms with Gasteiger partial charge in [-0.25, -0.2) is 0 Å². The number of Topliss-reactive ketones (excluding diaryl/α,β-unsaturated/α-hetero) is 1. The van der Waals surface area contributed by atoms with Gasteiger partial charge < -0.3 is 14.5 Å². The summed E-state index contributed by atoms with van der Waals surface area (Å²) in [5.74, 6) is -1.13. The Morgan fingerprint density at radius 3 is 2.21 bits per heavy atom. The Kier molecular flexibility index (Phi) is 6.36. The maximum atomic E-state index is 12.7. The van der Waals surface area contributed by atoms with E-state index in [4.69, 9.17) is 16.3 Å². The highest BCUT2D eigenvalue weighted by molar-refractivity contribution is 9.10. The molecule has 146 valence electrons. The molecule has 0 aliphatic carbocycles. The van der Waals surface area contributed by atoms with Crippen molar-refractivity contribution in [3.05, 3.63) is 63.1 Å². The highest BCUT2D eigenvalue weighted by Crippen LogP contribution is 2.31. The van der Waals surface area contributed by atoms with Crippen molar-refractivity contribution in [1.82, 2.24) is 9.80 Å². The lowest BCUT2D eigenvalue weighted by atomic mass is 10.1. The van der Waals surface area contributed by atoms with E-state index < -0.39 is 11.7 Å². The van der Waals surface area contributed by atoms with Gasteiger partial charge in [-0.1, -0.05) is 29.8 Å². The fourth-order valence-electron chi connectivity index (χ4n) is 3.01. The molecular formula is C20H18BrClN2O4. The second kappa shape index (κ2) is 8.75. The molecule has 1 fully saturated rings. The van der Waals surface area contributed by atoms with E-state index in [0.29, 0.717) is 28.1 Å². The topological polar surface area (TPSA) is 66.9 Å². The maximum Gasteiger partial charge on any atom is 0.295 e. The van der Waals surface area contributed by atoms with Crippen LogP contribution in [0.4, 0.5) is 0 Å². The minimum Gasteiger partial charge on any atom is -0.496 e. The molecule has 0 aromatic heterocycles. The van der Waals surface area contributed by atoms with Crippen molar-refractivity contribution in [2.75, 3.05) is 33.3 Å². The van der Waals surface area contributed by atoms with E-state index in [2.05, 4.69) is 15.9 Å². The molecule has 0 saturated carbocycles. The number of ketones is 1. The Morgan fingerprint density at radius 2 is 1.61 bits per heavy atom. The minimum absolute atomic E-state index is 0.0830. The highest BCUT2D eigenvalue weighted by Gasteiger charge is 2.30. The Morgan fingerprint density at radius 1 is 1.00 bits per heavy atom. The lowest BCUT2D eigenvalue weighted by Gasteiger charge is -2.34. The van der Waals surface area contributed by atoms with Gasteiger partial charge in [0.1, 0.15) is 5.75 Å². The Labute approximate surface area is 176 Å². The number of ether oxygens (including phenoxy) is 1. The average molecular weight is 466 g/mol. The number of nitrogens with zero attached hydrogens (tertiary/aromatic N) is 2. The van der Waals surface area contributed by atoms with Crippen molar-refractivity contribution >= 4 is 45.1 Å². The first kappa shape index (κ1) is 20.4. The number of piperazine rings is 1. The van der Waals surface area contributed by atoms with Gasteiger partial charge in [0.15, 0.2) is 0 Å². The van der Waals surface area contributed by atoms with Crippen LogP contribution in [0.3, 0.4) is 0 Å². The molecule has 3 rings (SSSR count). The predicted octanol–water partition coefficient (Wildman–Crippen LogP) is 3.28. The number of carbonyl (C=O) groups is 3. The lowest BCUT2D eigenvalue weighted by Crippen LogP contribution is -2.52. The summed E-state index contributed by atoms with van der Waals surface area (Å²) >= 11 is 9.33. The Bertz CT molecular complexity index is 912. The van der Waals surface area contributed by atoms with Gasteiger partial charge in [0, 0.05) is 36.2 Å². The summed E-state index contributed by atoms with van der Waals surface area (Å²) < 4.78 is 5.78. The van der Waals surface area contributed by atoms with Crippen LogP contribution in [0.15, 0.2) is 46.9 Å². The van der Waals surface area contributed by atoms with Crippen molar-refractivity contribution in [1.29, 1.82) is 0 Å². The molecule has 0 N–H and O–H groups in total. The first-order valence-corrected chi connectivity index (χ1v) is 9.80. The summed E-state index contributed by atoms with van der Waals surface area (Å²) in [7, 11) is 1.42. The number of benzene rings is 2. The van der Waals surface area contributed by atoms with Crippen LogP contribution in [0.25, 0.3) is 0 Å². The Balaban J connectivity index is 1.68. The molecule has 0 bridgehead atoms. The second-order valence-corrected chi connectivity index (χ2v) is 7.51. The van der Waals surface area contributed by atoms with Crippen LogP contribution in [-0.2, 0) is 4.79 Å². The van der Waals surface area contributed by atoms with E-state index in [1.54, 1.807) is 23.1 Å². The zero-order valence-electron chi connectivity index (χ0n) is 15.2. The molecule has 2 amide bonds. The van der Waals surface area contributed by atoms with E-state index in [9.17, 15) is 14.4 Å². The van der Waals surface area contributed by atoms with Gasteiger partial charge in [-0.2, -0.15) is 0 Å². The normalized spacial score (nSPS) is 14.0. The summed E-state index contributed by atoms with van der Waals surface area (Å²) in [4.78, 5) is 41.0. The monoisotopic (exact) mass is 464 g/mol. The Hall–Kier alpha value is -2.38. The van der Waals surface area contributed by atoms with E-state index in [1.807, 2.05) is 18.2 Å². The minimum atomic E-state index is -0.686. The van der Waals surface area contributed by atoms with Gasteiger partial charge in [0.25, 0.3) is 17.6 Å². The molecule has 1 aliphatic heterocycles. The number of rotatable bonds is 4. The van der Waals surface area contributed by atoms with Crippen molar-refractivity contribution in [2.45, 2.75) is 0 Å². The third-order valence-corrected chi connectivity index (χ3v) is 5.75. The van der Waals surface area contributed by atoms with Crippen molar-refractivity contribution in [2.24, 2.45) is 0 Å². The SMILES string of the molecule is COc1cc(Br)c(Cl)cc1C(=O)C(=O)N1CCN(C(=O)c2ccccc2)CC1. The fraction of sp³-hybridized carbons (Fsp3) is 0.250. The lowest BCUT2D eigenvalue weighted by molar-refractivity contribution is -0.127. The zero-order valence-corrected chi connectivity index (χ0v) is 17.5. The first-order chi connectivity index (χ1) is 13.4. The molecule has 0 radical (unpaired) electrons. The molecule has 0 spiro atoms. The molecule has 0 atom stereocenters. The summed E-state index contributed by atoms with van der Waals surface area (Å²) in [6.07, 6.45) is 0. The summed E-state index contributed by atoms with van der Waals surface area (Å²) in [5, 5.41) is 0.315. The molecule has 8 heteroatoms. The molecule has 1 heterocycles. The number of hydrogen-bond acceptors (Lipinski definition) is 4. The molecule has 6 nitrogen and oxygen atoms in total. The van der Waals surface area contributed by atoms with E-state index in [1.165, 1.54) is 18.1 Å². The zero-order chi connectivity index (χ0) is 20.3. The largest absolute Gasteiger partial charge is 0.496 e. The number of methoxy groups -OCH3 is 1. The standard InChI is InChI=1S/C20H18BrClN2O4/c1-28-17-12-15(21)16(22)11-14(17)18(25)20(27)24-9-7-23(8-10-24)19(26)13-5-3-2-4-6-13/h2-6,11-12H,7-10H2,1H3. The van der Waals surface area contributed by atoms with E-state index >= 15 is 0 Å². The fourth-order valence-corrected chi connectivity index (χ4v) is 3.50. The smallest absolute Gasteiger partial charge is 0.295 e. The van der Waals surface area contributed by atoms with Crippen LogP contribution in [0.1, 0.15) is 20.7 Å². The van der Waals surface area contributed by atoms with Crippen molar-refractivity contribution < 1.29 is 19.1 Å². The van der Waals surface area contributed by atoms with Crippen LogP contribution in [0.5, 0.6) is 5.75 Å². The van der Waals surface area contributed by atoms with Crippen molar-refractivity contribution in [3.63, 3.8) is 0 Å². The third-order valence-electron chi connectivity index (χ3n) is 4.56. The molecule has 28 heavy (non-hydrogen) atoms. The molecular weight excluding hydrogens is 448 g/mol. The van der Waals surface area contributed by atoms with Gasteiger partial charge >= 0.3 is 0 Å². The van der Waals surface area contributed by atoms with Gasteiger partial charge in [-0.05, 0) is 40.2 Å². The van der Waals surface area contributed by atoms with Crippen LogP contribution < -0.4 is 4.74 Å². The second-order valence-electron chi connectivity index (χ2n) is 6.25. The molecule has 1 aliphatic rings. The predicted molar refractivity (Wildman–Crippen MR) is 109 cm³/mol. The first-order valence-electron chi connectivity index (χ1n) is 8.63. The number of hydrogen-bond donors (Lipinski definition) is 0. The molecule has 0 unspecified atom stereocenters. The highest BCUT2D eigenvalue weighted by atomic mass is 79.9. The maximum absolute atomic E-state index is 12.7. The van der Waals surface area contributed by atoms with Gasteiger partial charge in [0.2, 0.25) is 0 Å². The average Bonchev–Trinajstić information content (AvgIpc) is 2.74. The summed E-state index contributed by atoms with van der Waals surface area (Å²) in [6.45, 7) is 1.31. The number of halogens is 2. The van der Waals surface area contributed by atoms with E-state index in [0.717, 1.165) is 0 Å². The van der Waals surface area contributed by atoms with Gasteiger partial charge in [-0.15, -0.1) is 0 Å². The van der Waals surface area contributed by atoms with E-state index in [-0.39, 0.29) is 30.3 Å². The van der Waals surface area contributed by atoms with Crippen LogP contribution in [-0.4, -0.2) is 60.7 Å². The number of amides is 2. The molecule has 2 aromatic carbocycles. The molecule has 1 saturated heterocycles. The third kappa shape index (κ3) is 4.20. The van der Waals surface area contributed by atoms with Crippen LogP contribution in [0, 0.1) is 0 Å². The van der Waals surface area contributed by atoms with Gasteiger partial charge in [-0.3, -0.25) is 14.4 Å². The van der Waals surface area contributed by atoms with Crippen LogP contribution >= 0.6 is 27.5 Å². The summed E-state index contributed by atoms with van der Waals surface area (Å²) in [6, 6.07) is 11.9. The molecule has 2 aromatic rings.